The van der Waals surface area contributed by atoms with Crippen LogP contribution >= 0.6 is 7.82 Å². The van der Waals surface area contributed by atoms with Crippen molar-refractivity contribution in [2.75, 3.05) is 66.3 Å². The van der Waals surface area contributed by atoms with E-state index in [-0.39, 0.29) is 25.9 Å². The van der Waals surface area contributed by atoms with E-state index in [0.717, 1.165) is 56.3 Å². The molecular formula is C29H58NO7P. The molecule has 2 aliphatic rings. The first-order valence-corrected chi connectivity index (χ1v) is 17.1. The molecule has 0 radical (unpaired) electrons. The van der Waals surface area contributed by atoms with Crippen molar-refractivity contribution in [3.8, 4) is 0 Å². The summed E-state index contributed by atoms with van der Waals surface area (Å²) in [4.78, 5) is 12.0. The zero-order chi connectivity index (χ0) is 27.4. The third-order valence-corrected chi connectivity index (χ3v) is 9.09. The minimum absolute atomic E-state index is 0.00384. The SMILES string of the molecule is CCCCCCCCCCCCCCOC1CCC(OCCOP(=O)([O-])OCC[N+]2(C)CCOCC2)CC1. The molecule has 0 amide bonds. The number of ether oxygens (including phenoxy) is 3. The summed E-state index contributed by atoms with van der Waals surface area (Å²) in [7, 11) is -2.20. The van der Waals surface area contributed by atoms with Gasteiger partial charge in [0.15, 0.2) is 0 Å². The molecule has 226 valence electrons. The lowest BCUT2D eigenvalue weighted by atomic mass is 9.95. The van der Waals surface area contributed by atoms with Gasteiger partial charge >= 0.3 is 0 Å². The van der Waals surface area contributed by atoms with E-state index in [0.29, 0.717) is 25.9 Å². The molecule has 2 rings (SSSR count). The molecule has 0 spiro atoms. The van der Waals surface area contributed by atoms with Crippen molar-refractivity contribution in [2.45, 2.75) is 122 Å². The number of hydrogen-bond acceptors (Lipinski definition) is 7. The molecule has 1 unspecified atom stereocenters. The molecule has 0 N–H and O–H groups in total. The van der Waals surface area contributed by atoms with Crippen LogP contribution in [-0.4, -0.2) is 83.0 Å². The lowest BCUT2D eigenvalue weighted by Gasteiger charge is -2.37. The molecule has 0 aromatic heterocycles. The molecule has 1 aliphatic heterocycles. The van der Waals surface area contributed by atoms with Gasteiger partial charge in [-0.1, -0.05) is 77.6 Å². The van der Waals surface area contributed by atoms with Crippen LogP contribution in [0.25, 0.3) is 0 Å². The van der Waals surface area contributed by atoms with E-state index in [1.165, 1.54) is 70.6 Å². The van der Waals surface area contributed by atoms with Crippen molar-refractivity contribution in [1.29, 1.82) is 0 Å². The second kappa shape index (κ2) is 20.8. The molecule has 0 aromatic carbocycles. The van der Waals surface area contributed by atoms with Crippen LogP contribution in [0.3, 0.4) is 0 Å². The number of likely N-dealkylation sites (N-methyl/N-ethyl adjacent to an activating group) is 1. The highest BCUT2D eigenvalue weighted by Gasteiger charge is 2.26. The van der Waals surface area contributed by atoms with Crippen molar-refractivity contribution in [3.05, 3.63) is 0 Å². The Morgan fingerprint density at radius 1 is 0.711 bits per heavy atom. The van der Waals surface area contributed by atoms with E-state index in [2.05, 4.69) is 14.0 Å². The van der Waals surface area contributed by atoms with E-state index in [9.17, 15) is 9.46 Å². The zero-order valence-electron chi connectivity index (χ0n) is 24.6. The molecule has 2 fully saturated rings. The summed E-state index contributed by atoms with van der Waals surface area (Å²) in [5.74, 6) is 0. The van der Waals surface area contributed by atoms with Crippen LogP contribution < -0.4 is 4.89 Å². The van der Waals surface area contributed by atoms with Crippen LogP contribution in [0, 0.1) is 0 Å². The van der Waals surface area contributed by atoms with Gasteiger partial charge in [0.1, 0.15) is 26.2 Å². The van der Waals surface area contributed by atoms with Gasteiger partial charge in [-0.05, 0) is 32.1 Å². The van der Waals surface area contributed by atoms with Crippen molar-refractivity contribution < 1.29 is 37.2 Å². The Morgan fingerprint density at radius 2 is 1.18 bits per heavy atom. The first kappa shape index (κ1) is 34.2. The number of quaternary nitrogens is 1. The minimum atomic E-state index is -4.29. The molecule has 1 aliphatic carbocycles. The fourth-order valence-electron chi connectivity index (χ4n) is 5.34. The van der Waals surface area contributed by atoms with Gasteiger partial charge in [-0.15, -0.1) is 0 Å². The molecule has 1 atom stereocenters. The van der Waals surface area contributed by atoms with Gasteiger partial charge in [0.2, 0.25) is 0 Å². The maximum absolute atomic E-state index is 12.0. The summed E-state index contributed by atoms with van der Waals surface area (Å²) >= 11 is 0. The predicted molar refractivity (Wildman–Crippen MR) is 150 cm³/mol. The van der Waals surface area contributed by atoms with Crippen molar-refractivity contribution in [3.63, 3.8) is 0 Å². The lowest BCUT2D eigenvalue weighted by molar-refractivity contribution is -0.916. The molecule has 1 heterocycles. The molecule has 9 heteroatoms. The zero-order valence-corrected chi connectivity index (χ0v) is 25.5. The molecule has 8 nitrogen and oxygen atoms in total. The fraction of sp³-hybridized carbons (Fsp3) is 1.00. The van der Waals surface area contributed by atoms with Crippen LogP contribution in [0.5, 0.6) is 0 Å². The normalized spacial score (nSPS) is 23.3. The number of morpholine rings is 1. The summed E-state index contributed by atoms with van der Waals surface area (Å²) in [6.07, 6.45) is 20.7. The minimum Gasteiger partial charge on any atom is -0.756 e. The number of unbranched alkanes of at least 4 members (excludes halogenated alkanes) is 11. The highest BCUT2D eigenvalue weighted by atomic mass is 31.2. The maximum atomic E-state index is 12.0. The molecule has 38 heavy (non-hydrogen) atoms. The second-order valence-corrected chi connectivity index (χ2v) is 13.0. The van der Waals surface area contributed by atoms with E-state index >= 15 is 0 Å². The van der Waals surface area contributed by atoms with E-state index in [1.807, 2.05) is 0 Å². The average Bonchev–Trinajstić information content (AvgIpc) is 2.90. The monoisotopic (exact) mass is 563 g/mol. The van der Waals surface area contributed by atoms with E-state index < -0.39 is 7.82 Å². The highest BCUT2D eigenvalue weighted by molar-refractivity contribution is 7.45. The molecule has 1 saturated heterocycles. The van der Waals surface area contributed by atoms with Crippen LogP contribution in [0.4, 0.5) is 0 Å². The number of hydrogen-bond donors (Lipinski definition) is 0. The van der Waals surface area contributed by atoms with Gasteiger partial charge in [0.05, 0.1) is 45.7 Å². The summed E-state index contributed by atoms with van der Waals surface area (Å²) in [6, 6.07) is 0. The number of rotatable bonds is 23. The third-order valence-electron chi connectivity index (χ3n) is 8.09. The van der Waals surface area contributed by atoms with Gasteiger partial charge in [-0.25, -0.2) is 0 Å². The largest absolute Gasteiger partial charge is 0.756 e. The van der Waals surface area contributed by atoms with Crippen LogP contribution in [-0.2, 0) is 27.8 Å². The maximum Gasteiger partial charge on any atom is 0.268 e. The summed E-state index contributed by atoms with van der Waals surface area (Å²) < 4.78 is 40.1. The smallest absolute Gasteiger partial charge is 0.268 e. The summed E-state index contributed by atoms with van der Waals surface area (Å²) in [6.45, 7) is 7.29. The third kappa shape index (κ3) is 16.9. The van der Waals surface area contributed by atoms with E-state index in [1.54, 1.807) is 0 Å². The Bertz CT molecular complexity index is 610. The quantitative estimate of drug-likeness (QED) is 0.0855. The van der Waals surface area contributed by atoms with Crippen LogP contribution in [0.2, 0.25) is 0 Å². The number of phosphoric ester groups is 1. The van der Waals surface area contributed by atoms with Crippen molar-refractivity contribution >= 4 is 7.82 Å². The van der Waals surface area contributed by atoms with Gasteiger partial charge in [0, 0.05) is 6.61 Å². The number of nitrogens with zero attached hydrogens (tertiary/aromatic N) is 1. The van der Waals surface area contributed by atoms with Crippen molar-refractivity contribution in [1.82, 2.24) is 0 Å². The van der Waals surface area contributed by atoms with Gasteiger partial charge in [-0.3, -0.25) is 4.57 Å². The molecular weight excluding hydrogens is 505 g/mol. The Balaban J connectivity index is 1.36. The topological polar surface area (TPSA) is 86.3 Å². The van der Waals surface area contributed by atoms with Crippen molar-refractivity contribution in [2.24, 2.45) is 0 Å². The summed E-state index contributed by atoms with van der Waals surface area (Å²) in [5, 5.41) is 0. The highest BCUT2D eigenvalue weighted by Crippen LogP contribution is 2.38. The van der Waals surface area contributed by atoms with E-state index in [4.69, 9.17) is 23.3 Å². The predicted octanol–water partition coefficient (Wildman–Crippen LogP) is 6.01. The summed E-state index contributed by atoms with van der Waals surface area (Å²) in [5.41, 5.74) is 0. The molecule has 1 saturated carbocycles. The standard InChI is InChI=1S/C29H58NO7P/c1-3-4-5-6-7-8-9-10-11-12-13-14-22-34-28-15-17-29(18-16-28)35-26-27-37-38(31,32)36-25-21-30(2)19-23-33-24-20-30/h28-29H,3-27H2,1-2H3. The van der Waals surface area contributed by atoms with Gasteiger partial charge < -0.3 is 32.6 Å². The average molecular weight is 564 g/mol. The molecule has 0 bridgehead atoms. The lowest BCUT2D eigenvalue weighted by Crippen LogP contribution is -2.53. The Morgan fingerprint density at radius 3 is 1.74 bits per heavy atom. The van der Waals surface area contributed by atoms with Crippen LogP contribution in [0.15, 0.2) is 0 Å². The Kier molecular flexibility index (Phi) is 18.7. The number of phosphoric acid groups is 1. The Labute approximate surface area is 233 Å². The first-order chi connectivity index (χ1) is 18.4. The van der Waals surface area contributed by atoms with Gasteiger partial charge in [0.25, 0.3) is 7.82 Å². The Hall–Kier alpha value is -0.0500. The molecule has 0 aromatic rings. The van der Waals surface area contributed by atoms with Crippen LogP contribution in [0.1, 0.15) is 110 Å². The first-order valence-electron chi connectivity index (χ1n) is 15.7. The fourth-order valence-corrected chi connectivity index (χ4v) is 6.02. The van der Waals surface area contributed by atoms with Gasteiger partial charge in [-0.2, -0.15) is 0 Å². The second-order valence-electron chi connectivity index (χ2n) is 11.5.